The molecule has 1 aromatic carbocycles. The molecule has 0 spiro atoms. The normalized spacial score (nSPS) is 24.9. The molecule has 1 aromatic rings. The predicted molar refractivity (Wildman–Crippen MR) is 82.5 cm³/mol. The average Bonchev–Trinajstić information content (AvgIpc) is 2.96. The van der Waals surface area contributed by atoms with E-state index in [1.54, 1.807) is 0 Å². The zero-order valence-corrected chi connectivity index (χ0v) is 12.6. The van der Waals surface area contributed by atoms with Gasteiger partial charge in [-0.15, -0.1) is 0 Å². The molecule has 0 radical (unpaired) electrons. The lowest BCUT2D eigenvalue weighted by Gasteiger charge is -2.33. The first-order valence-electron chi connectivity index (χ1n) is 7.65. The van der Waals surface area contributed by atoms with Crippen molar-refractivity contribution in [2.24, 2.45) is 5.92 Å². The highest BCUT2D eigenvalue weighted by atomic mass is 35.5. The minimum atomic E-state index is 0.356. The van der Waals surface area contributed by atoms with Crippen molar-refractivity contribution in [1.82, 2.24) is 10.2 Å². The van der Waals surface area contributed by atoms with Gasteiger partial charge in [0.15, 0.2) is 0 Å². The molecule has 20 heavy (non-hydrogen) atoms. The van der Waals surface area contributed by atoms with E-state index in [9.17, 15) is 0 Å². The summed E-state index contributed by atoms with van der Waals surface area (Å²) >= 11 is 5.89. The van der Waals surface area contributed by atoms with Crippen LogP contribution >= 0.6 is 11.6 Å². The predicted octanol–water partition coefficient (Wildman–Crippen LogP) is 2.79. The van der Waals surface area contributed by atoms with E-state index in [0.717, 1.165) is 42.6 Å². The zero-order valence-electron chi connectivity index (χ0n) is 11.9. The van der Waals surface area contributed by atoms with Gasteiger partial charge in [0, 0.05) is 24.7 Å². The van der Waals surface area contributed by atoms with Gasteiger partial charge in [0.2, 0.25) is 0 Å². The Labute approximate surface area is 126 Å². The van der Waals surface area contributed by atoms with Crippen LogP contribution in [0.15, 0.2) is 24.3 Å². The number of hydrogen-bond donors (Lipinski definition) is 1. The number of ether oxygens (including phenoxy) is 1. The lowest BCUT2D eigenvalue weighted by Crippen LogP contribution is -2.40. The van der Waals surface area contributed by atoms with Gasteiger partial charge in [-0.05, 0) is 62.5 Å². The number of likely N-dealkylation sites (tertiary alicyclic amines) is 1. The summed E-state index contributed by atoms with van der Waals surface area (Å²) in [6, 6.07) is 7.69. The molecule has 2 heterocycles. The Morgan fingerprint density at radius 1 is 1.15 bits per heavy atom. The van der Waals surface area contributed by atoms with Crippen molar-refractivity contribution in [3.05, 3.63) is 29.3 Å². The Balaban J connectivity index is 1.42. The fourth-order valence-electron chi connectivity index (χ4n) is 3.15. The molecule has 0 bridgehead atoms. The summed E-state index contributed by atoms with van der Waals surface area (Å²) in [5.41, 5.74) is 0. The van der Waals surface area contributed by atoms with Gasteiger partial charge < -0.3 is 15.0 Å². The number of benzene rings is 1. The third-order valence-electron chi connectivity index (χ3n) is 4.33. The molecule has 0 amide bonds. The second kappa shape index (κ2) is 6.79. The van der Waals surface area contributed by atoms with Crippen molar-refractivity contribution in [2.45, 2.75) is 25.4 Å². The molecule has 1 atom stereocenters. The van der Waals surface area contributed by atoms with Gasteiger partial charge in [-0.1, -0.05) is 11.6 Å². The summed E-state index contributed by atoms with van der Waals surface area (Å²) in [6.45, 7) is 5.96. The number of hydrogen-bond acceptors (Lipinski definition) is 3. The minimum Gasteiger partial charge on any atom is -0.490 e. The van der Waals surface area contributed by atoms with E-state index < -0.39 is 0 Å². The third-order valence-corrected chi connectivity index (χ3v) is 4.58. The molecule has 1 N–H and O–H groups in total. The van der Waals surface area contributed by atoms with Gasteiger partial charge in [0.1, 0.15) is 11.9 Å². The largest absolute Gasteiger partial charge is 0.490 e. The Hall–Kier alpha value is -0.770. The molecular weight excluding hydrogens is 272 g/mol. The third kappa shape index (κ3) is 3.87. The summed E-state index contributed by atoms with van der Waals surface area (Å²) in [6.07, 6.45) is 3.95. The van der Waals surface area contributed by atoms with Crippen molar-refractivity contribution in [1.29, 1.82) is 0 Å². The molecule has 3 rings (SSSR count). The number of halogens is 1. The van der Waals surface area contributed by atoms with Crippen LogP contribution in [0.1, 0.15) is 19.3 Å². The van der Waals surface area contributed by atoms with E-state index in [1.807, 2.05) is 24.3 Å². The van der Waals surface area contributed by atoms with Gasteiger partial charge in [-0.2, -0.15) is 0 Å². The van der Waals surface area contributed by atoms with Crippen molar-refractivity contribution in [2.75, 3.05) is 32.7 Å². The van der Waals surface area contributed by atoms with E-state index in [-0.39, 0.29) is 0 Å². The summed E-state index contributed by atoms with van der Waals surface area (Å²) in [5, 5.41) is 4.21. The topological polar surface area (TPSA) is 24.5 Å². The number of rotatable bonds is 4. The number of nitrogens with zero attached hydrogens (tertiary/aromatic N) is 1. The van der Waals surface area contributed by atoms with Crippen LogP contribution in [-0.4, -0.2) is 43.7 Å². The van der Waals surface area contributed by atoms with Crippen LogP contribution < -0.4 is 10.1 Å². The molecule has 2 saturated heterocycles. The SMILES string of the molecule is Clc1ccc(OC2CCN(C[C@@H]3CCNC3)CC2)cc1. The molecule has 0 aromatic heterocycles. The lowest BCUT2D eigenvalue weighted by molar-refractivity contribution is 0.0928. The zero-order chi connectivity index (χ0) is 13.8. The van der Waals surface area contributed by atoms with Gasteiger partial charge >= 0.3 is 0 Å². The first-order valence-corrected chi connectivity index (χ1v) is 8.03. The summed E-state index contributed by atoms with van der Waals surface area (Å²) in [7, 11) is 0. The molecule has 0 aliphatic carbocycles. The molecular formula is C16H23ClN2O. The van der Waals surface area contributed by atoms with Crippen LogP contribution in [0.5, 0.6) is 5.75 Å². The fraction of sp³-hybridized carbons (Fsp3) is 0.625. The molecule has 0 saturated carbocycles. The molecule has 3 nitrogen and oxygen atoms in total. The Morgan fingerprint density at radius 3 is 2.55 bits per heavy atom. The summed E-state index contributed by atoms with van der Waals surface area (Å²) in [4.78, 5) is 2.60. The first-order chi connectivity index (χ1) is 9.79. The second-order valence-electron chi connectivity index (χ2n) is 5.93. The Morgan fingerprint density at radius 2 is 1.90 bits per heavy atom. The second-order valence-corrected chi connectivity index (χ2v) is 6.37. The molecule has 2 aliphatic rings. The van der Waals surface area contributed by atoms with Crippen molar-refractivity contribution in [3.8, 4) is 5.75 Å². The lowest BCUT2D eigenvalue weighted by atomic mass is 10.0. The van der Waals surface area contributed by atoms with Crippen LogP contribution in [0.2, 0.25) is 5.02 Å². The van der Waals surface area contributed by atoms with Gasteiger partial charge in [-0.3, -0.25) is 0 Å². The van der Waals surface area contributed by atoms with Crippen molar-refractivity contribution < 1.29 is 4.74 Å². The van der Waals surface area contributed by atoms with Crippen LogP contribution in [0.4, 0.5) is 0 Å². The molecule has 2 aliphatic heterocycles. The van der Waals surface area contributed by atoms with E-state index in [4.69, 9.17) is 16.3 Å². The van der Waals surface area contributed by atoms with Gasteiger partial charge in [-0.25, -0.2) is 0 Å². The Kier molecular flexibility index (Phi) is 4.81. The van der Waals surface area contributed by atoms with Crippen LogP contribution in [0.3, 0.4) is 0 Å². The molecule has 2 fully saturated rings. The van der Waals surface area contributed by atoms with E-state index in [2.05, 4.69) is 10.2 Å². The van der Waals surface area contributed by atoms with Crippen molar-refractivity contribution in [3.63, 3.8) is 0 Å². The maximum atomic E-state index is 6.03. The monoisotopic (exact) mass is 294 g/mol. The average molecular weight is 295 g/mol. The quantitative estimate of drug-likeness (QED) is 0.924. The summed E-state index contributed by atoms with van der Waals surface area (Å²) < 4.78 is 6.03. The maximum absolute atomic E-state index is 6.03. The fourth-order valence-corrected chi connectivity index (χ4v) is 3.28. The van der Waals surface area contributed by atoms with Gasteiger partial charge in [0.05, 0.1) is 0 Å². The standard InChI is InChI=1S/C16H23ClN2O/c17-14-1-3-15(4-2-14)20-16-6-9-19(10-7-16)12-13-5-8-18-11-13/h1-4,13,16,18H,5-12H2/t13-/m1/s1. The maximum Gasteiger partial charge on any atom is 0.119 e. The van der Waals surface area contributed by atoms with Crippen LogP contribution in [0, 0.1) is 5.92 Å². The highest BCUT2D eigenvalue weighted by Crippen LogP contribution is 2.22. The highest BCUT2D eigenvalue weighted by Gasteiger charge is 2.24. The van der Waals surface area contributed by atoms with Crippen molar-refractivity contribution >= 4 is 11.6 Å². The number of piperidine rings is 1. The minimum absolute atomic E-state index is 0.356. The summed E-state index contributed by atoms with van der Waals surface area (Å²) in [5.74, 6) is 1.79. The van der Waals surface area contributed by atoms with Crippen LogP contribution in [-0.2, 0) is 0 Å². The van der Waals surface area contributed by atoms with E-state index in [1.165, 1.54) is 26.1 Å². The highest BCUT2D eigenvalue weighted by molar-refractivity contribution is 6.30. The van der Waals surface area contributed by atoms with Gasteiger partial charge in [0.25, 0.3) is 0 Å². The molecule has 0 unspecified atom stereocenters. The number of nitrogens with one attached hydrogen (secondary N) is 1. The Bertz CT molecular complexity index is 409. The molecule has 4 heteroatoms. The smallest absolute Gasteiger partial charge is 0.119 e. The van der Waals surface area contributed by atoms with Crippen LogP contribution in [0.25, 0.3) is 0 Å². The molecule has 110 valence electrons. The van der Waals surface area contributed by atoms with E-state index in [0.29, 0.717) is 6.10 Å². The first kappa shape index (κ1) is 14.2. The van der Waals surface area contributed by atoms with E-state index >= 15 is 0 Å².